The summed E-state index contributed by atoms with van der Waals surface area (Å²) in [5, 5.41) is 0. The van der Waals surface area contributed by atoms with E-state index in [2.05, 4.69) is 12.6 Å². The van der Waals surface area contributed by atoms with E-state index in [1.807, 2.05) is 4.90 Å². The summed E-state index contributed by atoms with van der Waals surface area (Å²) in [6, 6.07) is 0. The summed E-state index contributed by atoms with van der Waals surface area (Å²) < 4.78 is 0. The van der Waals surface area contributed by atoms with Gasteiger partial charge in [-0.25, -0.2) is 0 Å². The lowest BCUT2D eigenvalue weighted by molar-refractivity contribution is -0.130. The molecular formula is C11H21NOS. The van der Waals surface area contributed by atoms with Crippen LogP contribution in [0.4, 0.5) is 0 Å². The highest BCUT2D eigenvalue weighted by Crippen LogP contribution is 2.22. The van der Waals surface area contributed by atoms with Crippen LogP contribution in [0.15, 0.2) is 0 Å². The van der Waals surface area contributed by atoms with Crippen LogP contribution in [0.25, 0.3) is 0 Å². The van der Waals surface area contributed by atoms with E-state index in [-0.39, 0.29) is 5.91 Å². The summed E-state index contributed by atoms with van der Waals surface area (Å²) in [7, 11) is 0. The van der Waals surface area contributed by atoms with Gasteiger partial charge in [0.1, 0.15) is 0 Å². The van der Waals surface area contributed by atoms with E-state index < -0.39 is 0 Å². The Morgan fingerprint density at radius 1 is 1.36 bits per heavy atom. The first kappa shape index (κ1) is 11.9. The molecule has 1 saturated heterocycles. The van der Waals surface area contributed by atoms with E-state index in [0.29, 0.717) is 0 Å². The van der Waals surface area contributed by atoms with Gasteiger partial charge in [0, 0.05) is 20.0 Å². The standard InChI is InChI=1S/C11H21NOS/c1-10(13)12-7-5-11(6-8-12)4-2-3-9-14/h11,14H,2-9H2,1H3. The molecule has 3 heteroatoms. The normalized spacial score (nSPS) is 18.6. The predicted octanol–water partition coefficient (Wildman–Crippen LogP) is 2.35. The van der Waals surface area contributed by atoms with Gasteiger partial charge in [-0.3, -0.25) is 4.79 Å². The van der Waals surface area contributed by atoms with Crippen molar-refractivity contribution in [1.82, 2.24) is 4.90 Å². The van der Waals surface area contributed by atoms with Gasteiger partial charge in [0.05, 0.1) is 0 Å². The summed E-state index contributed by atoms with van der Waals surface area (Å²) in [4.78, 5) is 13.0. The van der Waals surface area contributed by atoms with Gasteiger partial charge in [0.15, 0.2) is 0 Å². The molecule has 1 aliphatic heterocycles. The molecule has 0 saturated carbocycles. The number of piperidine rings is 1. The summed E-state index contributed by atoms with van der Waals surface area (Å²) in [6.07, 6.45) is 6.26. The summed E-state index contributed by atoms with van der Waals surface area (Å²) in [6.45, 7) is 3.61. The van der Waals surface area contributed by atoms with E-state index in [4.69, 9.17) is 0 Å². The molecule has 0 aliphatic carbocycles. The maximum atomic E-state index is 11.1. The molecule has 0 radical (unpaired) electrons. The molecule has 1 rings (SSSR count). The third-order valence-electron chi connectivity index (χ3n) is 3.08. The first-order valence-corrected chi connectivity index (χ1v) is 6.23. The lowest BCUT2D eigenvalue weighted by Crippen LogP contribution is -2.36. The van der Waals surface area contributed by atoms with Crippen molar-refractivity contribution in [3.8, 4) is 0 Å². The van der Waals surface area contributed by atoms with Crippen molar-refractivity contribution in [2.75, 3.05) is 18.8 Å². The molecule has 0 N–H and O–H groups in total. The molecule has 1 fully saturated rings. The Hall–Kier alpha value is -0.180. The predicted molar refractivity (Wildman–Crippen MR) is 62.7 cm³/mol. The summed E-state index contributed by atoms with van der Waals surface area (Å²) >= 11 is 4.21. The molecule has 1 heterocycles. The topological polar surface area (TPSA) is 20.3 Å². The summed E-state index contributed by atoms with van der Waals surface area (Å²) in [5.74, 6) is 2.09. The first-order valence-electron chi connectivity index (χ1n) is 5.60. The van der Waals surface area contributed by atoms with Crippen molar-refractivity contribution in [1.29, 1.82) is 0 Å². The van der Waals surface area contributed by atoms with Crippen LogP contribution in [0.3, 0.4) is 0 Å². The molecule has 82 valence electrons. The molecule has 2 nitrogen and oxygen atoms in total. The van der Waals surface area contributed by atoms with Crippen LogP contribution in [0, 0.1) is 5.92 Å². The molecular weight excluding hydrogens is 194 g/mol. The van der Waals surface area contributed by atoms with E-state index in [0.717, 1.165) is 24.8 Å². The number of carbonyl (C=O) groups is 1. The molecule has 0 aromatic heterocycles. The number of likely N-dealkylation sites (tertiary alicyclic amines) is 1. The van der Waals surface area contributed by atoms with Crippen LogP contribution in [0.2, 0.25) is 0 Å². The van der Waals surface area contributed by atoms with E-state index in [1.165, 1.54) is 32.1 Å². The highest BCUT2D eigenvalue weighted by atomic mass is 32.1. The van der Waals surface area contributed by atoms with Gasteiger partial charge in [0.2, 0.25) is 5.91 Å². The number of unbranched alkanes of at least 4 members (excludes halogenated alkanes) is 1. The minimum atomic E-state index is 0.235. The average molecular weight is 215 g/mol. The van der Waals surface area contributed by atoms with Crippen LogP contribution in [-0.2, 0) is 4.79 Å². The molecule has 0 aromatic rings. The van der Waals surface area contributed by atoms with Gasteiger partial charge in [0.25, 0.3) is 0 Å². The fraction of sp³-hybridized carbons (Fsp3) is 0.909. The zero-order chi connectivity index (χ0) is 10.4. The number of rotatable bonds is 4. The Kier molecular flexibility index (Phi) is 5.38. The van der Waals surface area contributed by atoms with Crippen LogP contribution in [-0.4, -0.2) is 29.6 Å². The molecule has 1 amide bonds. The molecule has 14 heavy (non-hydrogen) atoms. The average Bonchev–Trinajstić information content (AvgIpc) is 2.19. The minimum Gasteiger partial charge on any atom is -0.343 e. The van der Waals surface area contributed by atoms with Gasteiger partial charge in [-0.15, -0.1) is 0 Å². The lowest BCUT2D eigenvalue weighted by atomic mass is 9.92. The van der Waals surface area contributed by atoms with Crippen molar-refractivity contribution < 1.29 is 4.79 Å². The summed E-state index contributed by atoms with van der Waals surface area (Å²) in [5.41, 5.74) is 0. The molecule has 0 unspecified atom stereocenters. The maximum Gasteiger partial charge on any atom is 0.219 e. The smallest absolute Gasteiger partial charge is 0.219 e. The monoisotopic (exact) mass is 215 g/mol. The minimum absolute atomic E-state index is 0.235. The highest BCUT2D eigenvalue weighted by Gasteiger charge is 2.19. The number of nitrogens with zero attached hydrogens (tertiary/aromatic N) is 1. The second-order valence-corrected chi connectivity index (χ2v) is 4.62. The highest BCUT2D eigenvalue weighted by molar-refractivity contribution is 7.80. The Bertz CT molecular complexity index is 176. The number of amides is 1. The van der Waals surface area contributed by atoms with Crippen molar-refractivity contribution in [2.45, 2.75) is 39.0 Å². The zero-order valence-electron chi connectivity index (χ0n) is 9.04. The zero-order valence-corrected chi connectivity index (χ0v) is 9.93. The van der Waals surface area contributed by atoms with Crippen molar-refractivity contribution in [3.05, 3.63) is 0 Å². The molecule has 0 atom stereocenters. The van der Waals surface area contributed by atoms with Gasteiger partial charge in [-0.05, 0) is 30.9 Å². The maximum absolute atomic E-state index is 11.1. The van der Waals surface area contributed by atoms with Gasteiger partial charge < -0.3 is 4.90 Å². The quantitative estimate of drug-likeness (QED) is 0.564. The van der Waals surface area contributed by atoms with E-state index in [1.54, 1.807) is 6.92 Å². The lowest BCUT2D eigenvalue weighted by Gasteiger charge is -2.31. The number of hydrogen-bond acceptors (Lipinski definition) is 2. The second kappa shape index (κ2) is 6.33. The van der Waals surface area contributed by atoms with E-state index in [9.17, 15) is 4.79 Å². The fourth-order valence-electron chi connectivity index (χ4n) is 2.08. The third-order valence-corrected chi connectivity index (χ3v) is 3.40. The fourth-order valence-corrected chi connectivity index (χ4v) is 2.30. The number of thiol groups is 1. The van der Waals surface area contributed by atoms with Crippen LogP contribution < -0.4 is 0 Å². The van der Waals surface area contributed by atoms with Crippen molar-refractivity contribution in [3.63, 3.8) is 0 Å². The number of hydrogen-bond donors (Lipinski definition) is 1. The van der Waals surface area contributed by atoms with Gasteiger partial charge in [-0.1, -0.05) is 12.8 Å². The molecule has 0 spiro atoms. The molecule has 1 aliphatic rings. The van der Waals surface area contributed by atoms with Crippen LogP contribution in [0.5, 0.6) is 0 Å². The molecule has 0 bridgehead atoms. The van der Waals surface area contributed by atoms with Gasteiger partial charge in [-0.2, -0.15) is 12.6 Å². The van der Waals surface area contributed by atoms with Gasteiger partial charge >= 0.3 is 0 Å². The van der Waals surface area contributed by atoms with E-state index >= 15 is 0 Å². The molecule has 0 aromatic carbocycles. The Morgan fingerprint density at radius 2 is 2.00 bits per heavy atom. The Labute approximate surface area is 92.5 Å². The Morgan fingerprint density at radius 3 is 2.50 bits per heavy atom. The Balaban J connectivity index is 2.12. The third kappa shape index (κ3) is 3.91. The van der Waals surface area contributed by atoms with Crippen LogP contribution >= 0.6 is 12.6 Å². The SMILES string of the molecule is CC(=O)N1CCC(CCCCS)CC1. The largest absolute Gasteiger partial charge is 0.343 e. The first-order chi connectivity index (χ1) is 6.74. The van der Waals surface area contributed by atoms with Crippen molar-refractivity contribution >= 4 is 18.5 Å². The second-order valence-electron chi connectivity index (χ2n) is 4.17. The van der Waals surface area contributed by atoms with Crippen molar-refractivity contribution in [2.24, 2.45) is 5.92 Å². The van der Waals surface area contributed by atoms with Crippen LogP contribution in [0.1, 0.15) is 39.0 Å². The number of carbonyl (C=O) groups excluding carboxylic acids is 1.